The normalized spacial score (nSPS) is 22.4. The summed E-state index contributed by atoms with van der Waals surface area (Å²) in [7, 11) is 2.14. The molecule has 0 radical (unpaired) electrons. The van der Waals surface area contributed by atoms with Gasteiger partial charge >= 0.3 is 0 Å². The summed E-state index contributed by atoms with van der Waals surface area (Å²) in [5.74, 6) is 2.91. The van der Waals surface area contributed by atoms with Crippen LogP contribution in [0.15, 0.2) is 4.52 Å². The van der Waals surface area contributed by atoms with Crippen LogP contribution in [0.25, 0.3) is 0 Å². The lowest BCUT2D eigenvalue weighted by atomic mass is 9.96. The van der Waals surface area contributed by atoms with Crippen LogP contribution in [0.2, 0.25) is 0 Å². The molecule has 0 aromatic carbocycles. The molecular weight excluding hydrogens is 280 g/mol. The van der Waals surface area contributed by atoms with Crippen molar-refractivity contribution < 1.29 is 9.63 Å². The summed E-state index contributed by atoms with van der Waals surface area (Å²) in [5.41, 5.74) is 0. The molecule has 3 rings (SSSR count). The van der Waals surface area contributed by atoms with Gasteiger partial charge in [0.2, 0.25) is 5.89 Å². The van der Waals surface area contributed by atoms with Crippen molar-refractivity contribution in [3.8, 4) is 0 Å². The van der Waals surface area contributed by atoms with Crippen molar-refractivity contribution in [2.75, 3.05) is 39.8 Å². The quantitative estimate of drug-likeness (QED) is 0.826. The third-order valence-electron chi connectivity index (χ3n) is 5.09. The summed E-state index contributed by atoms with van der Waals surface area (Å²) in [6, 6.07) is 0.176. The first kappa shape index (κ1) is 15.9. The summed E-state index contributed by atoms with van der Waals surface area (Å²) < 4.78 is 5.45. The Morgan fingerprint density at radius 1 is 1.32 bits per heavy atom. The molecule has 6 heteroatoms. The highest BCUT2D eigenvalue weighted by Crippen LogP contribution is 2.38. The Morgan fingerprint density at radius 3 is 2.68 bits per heavy atom. The lowest BCUT2D eigenvalue weighted by molar-refractivity contribution is 0.114. The Morgan fingerprint density at radius 2 is 2.05 bits per heavy atom. The Balaban J connectivity index is 1.47. The maximum Gasteiger partial charge on any atom is 0.243 e. The van der Waals surface area contributed by atoms with Gasteiger partial charge in [-0.3, -0.25) is 4.90 Å². The van der Waals surface area contributed by atoms with Crippen molar-refractivity contribution in [1.82, 2.24) is 19.9 Å². The number of hydrogen-bond donors (Lipinski definition) is 1. The zero-order valence-electron chi connectivity index (χ0n) is 13.7. The molecule has 1 aromatic rings. The molecule has 1 saturated heterocycles. The van der Waals surface area contributed by atoms with Crippen LogP contribution in [0.3, 0.4) is 0 Å². The van der Waals surface area contributed by atoms with Gasteiger partial charge in [-0.25, -0.2) is 0 Å². The molecule has 2 heterocycles. The SMILES string of the molecule is CC(c1nc(C2CC2)no1)N(C)CC1CCN(CCO)CC1. The fourth-order valence-corrected chi connectivity index (χ4v) is 3.21. The first-order valence-electron chi connectivity index (χ1n) is 8.54. The summed E-state index contributed by atoms with van der Waals surface area (Å²) >= 11 is 0. The molecule has 6 nitrogen and oxygen atoms in total. The van der Waals surface area contributed by atoms with Gasteiger partial charge in [0, 0.05) is 19.0 Å². The molecule has 0 amide bonds. The summed E-state index contributed by atoms with van der Waals surface area (Å²) in [5, 5.41) is 13.1. The lowest BCUT2D eigenvalue weighted by Crippen LogP contribution is -2.39. The second kappa shape index (κ2) is 7.06. The van der Waals surface area contributed by atoms with Gasteiger partial charge in [-0.1, -0.05) is 5.16 Å². The van der Waals surface area contributed by atoms with Crippen LogP contribution in [0, 0.1) is 5.92 Å². The van der Waals surface area contributed by atoms with Gasteiger partial charge in [-0.15, -0.1) is 0 Å². The van der Waals surface area contributed by atoms with E-state index in [4.69, 9.17) is 9.63 Å². The third kappa shape index (κ3) is 3.86. The molecule has 1 atom stereocenters. The van der Waals surface area contributed by atoms with E-state index in [1.165, 1.54) is 25.7 Å². The lowest BCUT2D eigenvalue weighted by Gasteiger charge is -2.34. The standard InChI is InChI=1S/C16H28N4O2/c1-12(16-17-15(18-22-16)14-3-4-14)19(2)11-13-5-7-20(8-6-13)9-10-21/h12-14,21H,3-11H2,1-2H3. The van der Waals surface area contributed by atoms with Crippen molar-refractivity contribution in [3.63, 3.8) is 0 Å². The van der Waals surface area contributed by atoms with Crippen molar-refractivity contribution in [1.29, 1.82) is 0 Å². The molecule has 2 fully saturated rings. The fraction of sp³-hybridized carbons (Fsp3) is 0.875. The van der Waals surface area contributed by atoms with E-state index in [-0.39, 0.29) is 12.6 Å². The molecule has 1 aliphatic heterocycles. The smallest absolute Gasteiger partial charge is 0.243 e. The van der Waals surface area contributed by atoms with Crippen LogP contribution in [0.4, 0.5) is 0 Å². The van der Waals surface area contributed by atoms with E-state index in [0.717, 1.165) is 37.9 Å². The number of nitrogens with zero attached hydrogens (tertiary/aromatic N) is 4. The monoisotopic (exact) mass is 308 g/mol. The van der Waals surface area contributed by atoms with Crippen LogP contribution in [-0.2, 0) is 0 Å². The van der Waals surface area contributed by atoms with Gasteiger partial charge in [0.05, 0.1) is 12.6 Å². The number of β-amino-alcohol motifs (C(OH)–C–C–N with tert-alkyl or cyclic N) is 1. The van der Waals surface area contributed by atoms with Crippen LogP contribution in [0.1, 0.15) is 56.3 Å². The Bertz CT molecular complexity index is 466. The number of rotatable bonds is 7. The molecule has 124 valence electrons. The predicted octanol–water partition coefficient (Wildman–Crippen LogP) is 1.64. The highest BCUT2D eigenvalue weighted by Gasteiger charge is 2.30. The van der Waals surface area contributed by atoms with Crippen molar-refractivity contribution >= 4 is 0 Å². The number of aromatic nitrogens is 2. The zero-order valence-corrected chi connectivity index (χ0v) is 13.7. The van der Waals surface area contributed by atoms with E-state index in [1.54, 1.807) is 0 Å². The molecule has 1 unspecified atom stereocenters. The second-order valence-corrected chi connectivity index (χ2v) is 6.89. The molecule has 22 heavy (non-hydrogen) atoms. The fourth-order valence-electron chi connectivity index (χ4n) is 3.21. The van der Waals surface area contributed by atoms with Gasteiger partial charge < -0.3 is 14.5 Å². The van der Waals surface area contributed by atoms with Gasteiger partial charge in [-0.05, 0) is 58.7 Å². The molecule has 0 bridgehead atoms. The molecule has 1 aliphatic carbocycles. The number of aliphatic hydroxyl groups excluding tert-OH is 1. The number of likely N-dealkylation sites (tertiary alicyclic amines) is 1. The summed E-state index contributed by atoms with van der Waals surface area (Å²) in [6.45, 7) is 6.48. The number of hydrogen-bond acceptors (Lipinski definition) is 6. The molecule has 1 aromatic heterocycles. The maximum atomic E-state index is 9.00. The second-order valence-electron chi connectivity index (χ2n) is 6.89. The van der Waals surface area contributed by atoms with Crippen LogP contribution < -0.4 is 0 Å². The molecule has 1 saturated carbocycles. The first-order valence-corrected chi connectivity index (χ1v) is 8.54. The minimum Gasteiger partial charge on any atom is -0.395 e. The Kier molecular flexibility index (Phi) is 5.10. The Hall–Kier alpha value is -0.980. The molecule has 1 N–H and O–H groups in total. The Labute approximate surface area is 132 Å². The molecule has 2 aliphatic rings. The average Bonchev–Trinajstić information content (AvgIpc) is 3.26. The van der Waals surface area contributed by atoms with Crippen LogP contribution in [-0.4, -0.2) is 64.9 Å². The largest absolute Gasteiger partial charge is 0.395 e. The topological polar surface area (TPSA) is 65.6 Å². The zero-order chi connectivity index (χ0) is 15.5. The van der Waals surface area contributed by atoms with E-state index in [0.29, 0.717) is 11.8 Å². The first-order chi connectivity index (χ1) is 10.7. The van der Waals surface area contributed by atoms with Gasteiger partial charge in [0.15, 0.2) is 5.82 Å². The maximum absolute atomic E-state index is 9.00. The van der Waals surface area contributed by atoms with E-state index in [1.807, 2.05) is 0 Å². The minimum absolute atomic E-state index is 0.176. The van der Waals surface area contributed by atoms with E-state index < -0.39 is 0 Å². The third-order valence-corrected chi connectivity index (χ3v) is 5.09. The van der Waals surface area contributed by atoms with Crippen molar-refractivity contribution in [2.24, 2.45) is 5.92 Å². The summed E-state index contributed by atoms with van der Waals surface area (Å²) in [4.78, 5) is 9.24. The molecule has 0 spiro atoms. The number of aliphatic hydroxyl groups is 1. The average molecular weight is 308 g/mol. The van der Waals surface area contributed by atoms with Gasteiger partial charge in [-0.2, -0.15) is 4.98 Å². The molecular formula is C16H28N4O2. The highest BCUT2D eigenvalue weighted by atomic mass is 16.5. The van der Waals surface area contributed by atoms with E-state index in [2.05, 4.69) is 33.9 Å². The van der Waals surface area contributed by atoms with Crippen LogP contribution in [0.5, 0.6) is 0 Å². The van der Waals surface area contributed by atoms with E-state index in [9.17, 15) is 0 Å². The van der Waals surface area contributed by atoms with Crippen molar-refractivity contribution in [2.45, 2.75) is 44.6 Å². The van der Waals surface area contributed by atoms with E-state index >= 15 is 0 Å². The van der Waals surface area contributed by atoms with Gasteiger partial charge in [0.1, 0.15) is 0 Å². The minimum atomic E-state index is 0.176. The highest BCUT2D eigenvalue weighted by molar-refractivity contribution is 5.04. The van der Waals surface area contributed by atoms with Crippen LogP contribution >= 0.6 is 0 Å². The summed E-state index contributed by atoms with van der Waals surface area (Å²) in [6.07, 6.45) is 4.81. The number of piperidine rings is 1. The van der Waals surface area contributed by atoms with Gasteiger partial charge in [0.25, 0.3) is 0 Å². The van der Waals surface area contributed by atoms with Crippen molar-refractivity contribution in [3.05, 3.63) is 11.7 Å². The predicted molar refractivity (Wildman–Crippen MR) is 83.6 cm³/mol.